The number of rotatable bonds is 4. The van der Waals surface area contributed by atoms with Gasteiger partial charge in [-0.05, 0) is 42.9 Å². The summed E-state index contributed by atoms with van der Waals surface area (Å²) in [7, 11) is 0. The first-order valence-corrected chi connectivity index (χ1v) is 12.3. The number of pyridine rings is 1. The van der Waals surface area contributed by atoms with Crippen molar-refractivity contribution < 1.29 is 4.79 Å². The molecule has 0 amide bonds. The van der Waals surface area contributed by atoms with Gasteiger partial charge in [-0.25, -0.2) is 9.50 Å². The van der Waals surface area contributed by atoms with Crippen molar-refractivity contribution in [3.05, 3.63) is 72.7 Å². The van der Waals surface area contributed by atoms with E-state index in [1.165, 1.54) is 19.3 Å². The largest absolute Gasteiger partial charge is 0.327 e. The fraction of sp³-hybridized carbons (Fsp3) is 0.357. The zero-order valence-corrected chi connectivity index (χ0v) is 19.2. The average molecular weight is 452 g/mol. The zero-order valence-electron chi connectivity index (χ0n) is 19.2. The lowest BCUT2D eigenvalue weighted by molar-refractivity contribution is 0.0578. The number of benzene rings is 1. The van der Waals surface area contributed by atoms with Gasteiger partial charge in [0.1, 0.15) is 0 Å². The third-order valence-electron chi connectivity index (χ3n) is 7.80. The van der Waals surface area contributed by atoms with E-state index in [9.17, 15) is 4.79 Å². The summed E-state index contributed by atoms with van der Waals surface area (Å²) in [4.78, 5) is 23.2. The van der Waals surface area contributed by atoms with Crippen LogP contribution in [0.1, 0.15) is 48.9 Å². The van der Waals surface area contributed by atoms with Crippen LogP contribution in [0.5, 0.6) is 0 Å². The number of ketones is 1. The van der Waals surface area contributed by atoms with Crippen LogP contribution in [0.4, 0.5) is 0 Å². The second-order valence-corrected chi connectivity index (χ2v) is 9.77. The van der Waals surface area contributed by atoms with Gasteiger partial charge in [0, 0.05) is 35.5 Å². The van der Waals surface area contributed by atoms with Gasteiger partial charge in [-0.2, -0.15) is 5.10 Å². The van der Waals surface area contributed by atoms with Gasteiger partial charge in [-0.15, -0.1) is 0 Å². The van der Waals surface area contributed by atoms with E-state index in [0.29, 0.717) is 17.4 Å². The number of nitrogens with two attached hydrogens (primary N) is 1. The molecule has 3 heterocycles. The monoisotopic (exact) mass is 451 g/mol. The zero-order chi connectivity index (χ0) is 23.1. The molecule has 4 aromatic rings. The second kappa shape index (κ2) is 8.76. The van der Waals surface area contributed by atoms with Gasteiger partial charge in [0.15, 0.2) is 11.4 Å². The topological polar surface area (TPSA) is 86.2 Å². The summed E-state index contributed by atoms with van der Waals surface area (Å²) in [5, 5.41) is 4.47. The first-order valence-electron chi connectivity index (χ1n) is 12.3. The summed E-state index contributed by atoms with van der Waals surface area (Å²) >= 11 is 0. The van der Waals surface area contributed by atoms with Gasteiger partial charge in [0.05, 0.1) is 23.1 Å². The number of carbonyl (C=O) groups is 1. The smallest absolute Gasteiger partial charge is 0.166 e. The normalized spacial score (nSPS) is 24.6. The van der Waals surface area contributed by atoms with Crippen molar-refractivity contribution in [2.45, 2.75) is 44.6 Å². The highest BCUT2D eigenvalue weighted by molar-refractivity contribution is 5.99. The number of hydrogen-bond donors (Lipinski definition) is 1. The summed E-state index contributed by atoms with van der Waals surface area (Å²) in [6.45, 7) is 0. The van der Waals surface area contributed by atoms with Crippen LogP contribution in [0, 0.1) is 17.8 Å². The molecule has 6 heteroatoms. The Hall–Kier alpha value is -3.38. The van der Waals surface area contributed by atoms with Crippen LogP contribution in [0.3, 0.4) is 0 Å². The van der Waals surface area contributed by atoms with Crippen LogP contribution >= 0.6 is 0 Å². The molecule has 1 aromatic carbocycles. The molecule has 2 aliphatic carbocycles. The van der Waals surface area contributed by atoms with E-state index in [1.807, 2.05) is 54.7 Å². The second-order valence-electron chi connectivity index (χ2n) is 9.77. The SMILES string of the molecule is N[C@@H]1CCC[C@H]2CCCC(C(=O)c3ccnc(-c4cnn5ccc(-c6ccccc6)nc45)c3)[C@H]21. The van der Waals surface area contributed by atoms with E-state index in [1.54, 1.807) is 16.9 Å². The van der Waals surface area contributed by atoms with E-state index in [-0.39, 0.29) is 17.7 Å². The minimum Gasteiger partial charge on any atom is -0.327 e. The maximum atomic E-state index is 13.7. The highest BCUT2D eigenvalue weighted by atomic mass is 16.1. The Morgan fingerprint density at radius 2 is 1.79 bits per heavy atom. The summed E-state index contributed by atoms with van der Waals surface area (Å²) < 4.78 is 1.75. The van der Waals surface area contributed by atoms with Gasteiger partial charge >= 0.3 is 0 Å². The van der Waals surface area contributed by atoms with Crippen molar-refractivity contribution in [1.82, 2.24) is 19.6 Å². The molecule has 6 nitrogen and oxygen atoms in total. The first kappa shape index (κ1) is 21.2. The standard InChI is InChI=1S/C28H29N5O/c29-23-11-5-9-19-8-4-10-21(26(19)23)27(34)20-12-14-30-25(16-20)22-17-31-33-15-13-24(32-28(22)33)18-6-2-1-3-7-18/h1-3,6-7,12-17,19,21,23,26H,4-5,8-11,29H2/t19-,21?,23-,26+/m1/s1. The van der Waals surface area contributed by atoms with Crippen LogP contribution in [0.25, 0.3) is 28.2 Å². The number of aromatic nitrogens is 4. The van der Waals surface area contributed by atoms with E-state index in [4.69, 9.17) is 10.7 Å². The fourth-order valence-electron chi connectivity index (χ4n) is 6.18. The van der Waals surface area contributed by atoms with Gasteiger partial charge in [-0.1, -0.05) is 56.0 Å². The van der Waals surface area contributed by atoms with Crippen LogP contribution in [-0.4, -0.2) is 31.4 Å². The molecule has 2 N–H and O–H groups in total. The van der Waals surface area contributed by atoms with Crippen LogP contribution in [0.2, 0.25) is 0 Å². The lowest BCUT2D eigenvalue weighted by Crippen LogP contribution is -2.47. The first-order chi connectivity index (χ1) is 16.7. The Morgan fingerprint density at radius 1 is 0.971 bits per heavy atom. The molecule has 4 atom stereocenters. The number of nitrogens with zero attached hydrogens (tertiary/aromatic N) is 4. The van der Waals surface area contributed by atoms with E-state index in [0.717, 1.165) is 47.4 Å². The number of carbonyl (C=O) groups excluding carboxylic acids is 1. The molecule has 2 aliphatic rings. The highest BCUT2D eigenvalue weighted by Crippen LogP contribution is 2.44. The molecule has 0 aliphatic heterocycles. The molecular formula is C28H29N5O. The Labute approximate surface area is 199 Å². The third-order valence-corrected chi connectivity index (χ3v) is 7.80. The van der Waals surface area contributed by atoms with Crippen molar-refractivity contribution in [3.63, 3.8) is 0 Å². The predicted octanol–water partition coefficient (Wildman–Crippen LogP) is 5.18. The van der Waals surface area contributed by atoms with Gasteiger partial charge < -0.3 is 5.73 Å². The van der Waals surface area contributed by atoms with Gasteiger partial charge in [-0.3, -0.25) is 9.78 Å². The van der Waals surface area contributed by atoms with Crippen molar-refractivity contribution in [3.8, 4) is 22.5 Å². The number of Topliss-reactive ketones (excluding diaryl/α,β-unsaturated/α-hetero) is 1. The van der Waals surface area contributed by atoms with Crippen LogP contribution in [0.15, 0.2) is 67.1 Å². The maximum Gasteiger partial charge on any atom is 0.166 e. The van der Waals surface area contributed by atoms with E-state index >= 15 is 0 Å². The summed E-state index contributed by atoms with van der Waals surface area (Å²) in [6.07, 6.45) is 12.1. The molecule has 1 unspecified atom stereocenters. The molecule has 0 saturated heterocycles. The Bertz CT molecular complexity index is 1330. The molecule has 6 rings (SSSR count). The quantitative estimate of drug-likeness (QED) is 0.432. The lowest BCUT2D eigenvalue weighted by Gasteiger charge is -2.44. The molecule has 172 valence electrons. The van der Waals surface area contributed by atoms with Crippen molar-refractivity contribution >= 4 is 11.4 Å². The van der Waals surface area contributed by atoms with Crippen LogP contribution in [-0.2, 0) is 0 Å². The summed E-state index contributed by atoms with van der Waals surface area (Å²) in [6, 6.07) is 15.9. The molecule has 2 fully saturated rings. The fourth-order valence-corrected chi connectivity index (χ4v) is 6.18. The molecule has 34 heavy (non-hydrogen) atoms. The van der Waals surface area contributed by atoms with Crippen molar-refractivity contribution in [2.75, 3.05) is 0 Å². The average Bonchev–Trinajstić information content (AvgIpc) is 3.32. The maximum absolute atomic E-state index is 13.7. The highest BCUT2D eigenvalue weighted by Gasteiger charge is 2.42. The molecule has 0 radical (unpaired) electrons. The Balaban J connectivity index is 1.35. The Kier molecular flexibility index (Phi) is 5.46. The molecule has 3 aromatic heterocycles. The summed E-state index contributed by atoms with van der Waals surface area (Å²) in [5.41, 5.74) is 11.5. The Morgan fingerprint density at radius 3 is 2.65 bits per heavy atom. The van der Waals surface area contributed by atoms with Gasteiger partial charge in [0.25, 0.3) is 0 Å². The van der Waals surface area contributed by atoms with Crippen molar-refractivity contribution in [2.24, 2.45) is 23.5 Å². The van der Waals surface area contributed by atoms with Crippen LogP contribution < -0.4 is 5.73 Å². The van der Waals surface area contributed by atoms with E-state index < -0.39 is 0 Å². The minimum absolute atomic E-state index is 0.0102. The third kappa shape index (κ3) is 3.72. The molecule has 0 spiro atoms. The number of fused-ring (bicyclic) bond motifs is 2. The van der Waals surface area contributed by atoms with E-state index in [2.05, 4.69) is 10.1 Å². The minimum atomic E-state index is 0.0102. The molecule has 0 bridgehead atoms. The predicted molar refractivity (Wildman–Crippen MR) is 132 cm³/mol. The number of hydrogen-bond acceptors (Lipinski definition) is 5. The molecular weight excluding hydrogens is 422 g/mol. The van der Waals surface area contributed by atoms with Gasteiger partial charge in [0.2, 0.25) is 0 Å². The van der Waals surface area contributed by atoms with Crippen molar-refractivity contribution in [1.29, 1.82) is 0 Å². The molecule has 2 saturated carbocycles. The summed E-state index contributed by atoms with van der Waals surface area (Å²) in [5.74, 6) is 1.12. The lowest BCUT2D eigenvalue weighted by atomic mass is 9.62.